The molecule has 0 bridgehead atoms. The minimum absolute atomic E-state index is 0.0437. The smallest absolute Gasteiger partial charge is 0.170 e. The van der Waals surface area contributed by atoms with Crippen LogP contribution in [0.5, 0.6) is 0 Å². The first kappa shape index (κ1) is 15.1. The molecule has 2 heterocycles. The molecule has 0 aliphatic carbocycles. The summed E-state index contributed by atoms with van der Waals surface area (Å²) in [4.78, 5) is 4.11. The molecule has 4 nitrogen and oxygen atoms in total. The highest BCUT2D eigenvalue weighted by Gasteiger charge is 2.44. The van der Waals surface area contributed by atoms with Gasteiger partial charge < -0.3 is 4.74 Å². The van der Waals surface area contributed by atoms with Crippen molar-refractivity contribution < 1.29 is 13.5 Å². The van der Waals surface area contributed by atoms with Crippen LogP contribution in [0.15, 0.2) is 46.0 Å². The second kappa shape index (κ2) is 6.16. The van der Waals surface area contributed by atoms with E-state index >= 15 is 0 Å². The lowest BCUT2D eigenvalue weighted by Crippen LogP contribution is -2.40. The Labute approximate surface area is 134 Å². The van der Waals surface area contributed by atoms with Gasteiger partial charge in [-0.1, -0.05) is 22.0 Å². The van der Waals surface area contributed by atoms with Gasteiger partial charge in [-0.25, -0.2) is 9.67 Å². The van der Waals surface area contributed by atoms with E-state index in [9.17, 15) is 8.78 Å². The van der Waals surface area contributed by atoms with Crippen LogP contribution in [0.25, 0.3) is 5.69 Å². The molecule has 0 amide bonds. The van der Waals surface area contributed by atoms with E-state index in [1.165, 1.54) is 6.40 Å². The quantitative estimate of drug-likeness (QED) is 0.824. The Morgan fingerprint density at radius 3 is 2.86 bits per heavy atom. The molecule has 0 radical (unpaired) electrons. The molecule has 3 rings (SSSR count). The highest BCUT2D eigenvalue weighted by molar-refractivity contribution is 9.10. The summed E-state index contributed by atoms with van der Waals surface area (Å²) in [5, 5.41) is 4.43. The van der Waals surface area contributed by atoms with Crippen molar-refractivity contribution in [3.8, 4) is 5.69 Å². The fourth-order valence-corrected chi connectivity index (χ4v) is 2.83. The average molecular weight is 370 g/mol. The second-order valence-electron chi connectivity index (χ2n) is 5.26. The summed E-state index contributed by atoms with van der Waals surface area (Å²) in [6.45, 7) is -1.75. The largest absolute Gasteiger partial charge is 0.483 e. The topological polar surface area (TPSA) is 39.4 Å². The van der Waals surface area contributed by atoms with Gasteiger partial charge >= 0.3 is 0 Å². The van der Waals surface area contributed by atoms with Crippen LogP contribution < -0.4 is 0 Å². The van der Waals surface area contributed by atoms with Crippen molar-refractivity contribution >= 4 is 22.3 Å². The van der Waals surface area contributed by atoms with Crippen LogP contribution in [-0.4, -0.2) is 36.1 Å². The monoisotopic (exact) mass is 369 g/mol. The number of benzene rings is 1. The van der Waals surface area contributed by atoms with E-state index in [4.69, 9.17) is 4.74 Å². The zero-order valence-corrected chi connectivity index (χ0v) is 13.2. The predicted octanol–water partition coefficient (Wildman–Crippen LogP) is 3.66. The number of aliphatic imine (C=N–C) groups is 1. The first-order chi connectivity index (χ1) is 10.7. The molecule has 0 fully saturated rings. The molecule has 1 aliphatic heterocycles. The Hall–Kier alpha value is -1.76. The number of alkyl halides is 2. The average Bonchev–Trinajstić information content (AvgIpc) is 3.04. The van der Waals surface area contributed by atoms with Crippen LogP contribution in [0.3, 0.4) is 0 Å². The van der Waals surface area contributed by atoms with E-state index < -0.39 is 24.8 Å². The van der Waals surface area contributed by atoms with E-state index in [-0.39, 0.29) is 6.61 Å². The molecule has 116 valence electrons. The lowest BCUT2D eigenvalue weighted by Gasteiger charge is -2.34. The van der Waals surface area contributed by atoms with Gasteiger partial charge in [0.1, 0.15) is 26.0 Å². The van der Waals surface area contributed by atoms with Crippen LogP contribution in [-0.2, 0) is 4.74 Å². The summed E-state index contributed by atoms with van der Waals surface area (Å²) in [7, 11) is 0. The molecule has 2 aromatic rings. The predicted molar refractivity (Wildman–Crippen MR) is 82.8 cm³/mol. The van der Waals surface area contributed by atoms with Gasteiger partial charge in [0.05, 0.1) is 16.8 Å². The molecular weight excluding hydrogens is 356 g/mol. The Bertz CT molecular complexity index is 685. The molecule has 0 saturated carbocycles. The number of hydrogen-bond donors (Lipinski definition) is 0. The molecule has 1 aliphatic rings. The second-order valence-corrected chi connectivity index (χ2v) is 6.18. The van der Waals surface area contributed by atoms with Crippen LogP contribution in [0, 0.1) is 5.41 Å². The van der Waals surface area contributed by atoms with Crippen molar-refractivity contribution in [1.82, 2.24) is 9.78 Å². The number of halogens is 3. The fraction of sp³-hybridized carbons (Fsp3) is 0.333. The Morgan fingerprint density at radius 2 is 2.14 bits per heavy atom. The van der Waals surface area contributed by atoms with Gasteiger partial charge in [-0.2, -0.15) is 5.10 Å². The SMILES string of the molecule is FCC1(CF)COC=N[C@H]1c1ccn(-c2cccc(Br)c2)n1. The van der Waals surface area contributed by atoms with Crippen LogP contribution in [0.4, 0.5) is 8.78 Å². The zero-order valence-electron chi connectivity index (χ0n) is 11.6. The maximum atomic E-state index is 13.4. The summed E-state index contributed by atoms with van der Waals surface area (Å²) in [6, 6.07) is 8.64. The van der Waals surface area contributed by atoms with E-state index in [1.54, 1.807) is 16.9 Å². The number of nitrogens with zero attached hydrogens (tertiary/aromatic N) is 3. The maximum absolute atomic E-state index is 13.4. The summed E-state index contributed by atoms with van der Waals surface area (Å²) in [5.41, 5.74) is 0.0724. The van der Waals surface area contributed by atoms with Crippen molar-refractivity contribution in [2.75, 3.05) is 20.0 Å². The third kappa shape index (κ3) is 2.65. The van der Waals surface area contributed by atoms with Gasteiger partial charge in [0.25, 0.3) is 0 Å². The Balaban J connectivity index is 1.96. The van der Waals surface area contributed by atoms with Crippen molar-refractivity contribution in [2.45, 2.75) is 6.04 Å². The Morgan fingerprint density at radius 1 is 1.32 bits per heavy atom. The van der Waals surface area contributed by atoms with Crippen molar-refractivity contribution in [2.24, 2.45) is 10.4 Å². The number of ether oxygens (including phenoxy) is 1. The molecule has 0 N–H and O–H groups in total. The molecule has 1 aromatic heterocycles. The zero-order chi connectivity index (χ0) is 15.6. The van der Waals surface area contributed by atoms with Gasteiger partial charge in [-0.3, -0.25) is 8.78 Å². The van der Waals surface area contributed by atoms with Gasteiger partial charge in [0.2, 0.25) is 0 Å². The molecule has 0 saturated heterocycles. The van der Waals surface area contributed by atoms with E-state index in [2.05, 4.69) is 26.0 Å². The lowest BCUT2D eigenvalue weighted by atomic mass is 9.81. The van der Waals surface area contributed by atoms with Crippen molar-refractivity contribution in [1.29, 1.82) is 0 Å². The maximum Gasteiger partial charge on any atom is 0.170 e. The van der Waals surface area contributed by atoms with Gasteiger partial charge in [0.15, 0.2) is 6.40 Å². The number of hydrogen-bond acceptors (Lipinski definition) is 3. The molecule has 1 aromatic carbocycles. The lowest BCUT2D eigenvalue weighted by molar-refractivity contribution is 0.0359. The van der Waals surface area contributed by atoms with E-state index in [0.717, 1.165) is 10.2 Å². The normalized spacial score (nSPS) is 19.9. The third-order valence-corrected chi connectivity index (χ3v) is 4.22. The van der Waals surface area contributed by atoms with Gasteiger partial charge in [0, 0.05) is 10.7 Å². The highest BCUT2D eigenvalue weighted by atomic mass is 79.9. The first-order valence-electron chi connectivity index (χ1n) is 6.75. The minimum Gasteiger partial charge on any atom is -0.483 e. The van der Waals surface area contributed by atoms with Crippen LogP contribution in [0.2, 0.25) is 0 Å². The third-order valence-electron chi connectivity index (χ3n) is 3.73. The van der Waals surface area contributed by atoms with Crippen molar-refractivity contribution in [3.05, 3.63) is 46.7 Å². The fourth-order valence-electron chi connectivity index (χ4n) is 2.44. The summed E-state index contributed by atoms with van der Waals surface area (Å²) in [6.07, 6.45) is 3.00. The number of rotatable bonds is 4. The van der Waals surface area contributed by atoms with Gasteiger partial charge in [-0.15, -0.1) is 0 Å². The van der Waals surface area contributed by atoms with Gasteiger partial charge in [-0.05, 0) is 24.3 Å². The molecule has 7 heteroatoms. The summed E-state index contributed by atoms with van der Waals surface area (Å²) < 4.78 is 34.4. The Kier molecular flexibility index (Phi) is 4.24. The standard InChI is InChI=1S/C15H14BrF2N3O/c16-11-2-1-3-12(6-11)21-5-4-13(20-21)14-15(7-17,8-18)9-22-10-19-14/h1-6,10,14H,7-9H2/t14-/m0/s1. The van der Waals surface area contributed by atoms with E-state index in [0.29, 0.717) is 5.69 Å². The van der Waals surface area contributed by atoms with Crippen molar-refractivity contribution in [3.63, 3.8) is 0 Å². The van der Waals surface area contributed by atoms with E-state index in [1.807, 2.05) is 24.3 Å². The van der Waals surface area contributed by atoms with Crippen LogP contribution in [0.1, 0.15) is 11.7 Å². The molecule has 0 spiro atoms. The first-order valence-corrected chi connectivity index (χ1v) is 7.54. The summed E-state index contributed by atoms with van der Waals surface area (Å²) >= 11 is 3.40. The number of aromatic nitrogens is 2. The highest BCUT2D eigenvalue weighted by Crippen LogP contribution is 2.40. The molecule has 1 atom stereocenters. The molecule has 22 heavy (non-hydrogen) atoms. The minimum atomic E-state index is -1.30. The molecular formula is C15H14BrF2N3O. The summed E-state index contributed by atoms with van der Waals surface area (Å²) in [5.74, 6) is 0. The molecule has 0 unspecified atom stereocenters. The van der Waals surface area contributed by atoms with Crippen LogP contribution >= 0.6 is 15.9 Å².